The summed E-state index contributed by atoms with van der Waals surface area (Å²) in [6, 6.07) is 8.23. The van der Waals surface area contributed by atoms with E-state index in [1.807, 2.05) is 25.1 Å². The lowest BCUT2D eigenvalue weighted by Crippen LogP contribution is -2.21. The van der Waals surface area contributed by atoms with Crippen molar-refractivity contribution in [2.24, 2.45) is 0 Å². The SMILES string of the molecule is CN(C)Cc1cncc(NC(=O)c2nn(-c3cccc(F)c3)c3c2CCCC3)c1.O=C(O)C(F)(F)F. The Bertz CT molecular complexity index is 1240. The number of carbonyl (C=O) groups is 2. The molecule has 1 aliphatic rings. The molecule has 0 aliphatic heterocycles. The van der Waals surface area contributed by atoms with Gasteiger partial charge in [0.25, 0.3) is 5.91 Å². The number of halogens is 4. The number of fused-ring (bicyclic) bond motifs is 1. The Kier molecular flexibility index (Phi) is 8.41. The molecule has 2 aromatic heterocycles. The monoisotopic (exact) mass is 507 g/mol. The number of benzene rings is 1. The van der Waals surface area contributed by atoms with E-state index in [2.05, 4.69) is 15.4 Å². The lowest BCUT2D eigenvalue weighted by Gasteiger charge is -2.14. The number of amides is 1. The Morgan fingerprint density at radius 2 is 1.83 bits per heavy atom. The van der Waals surface area contributed by atoms with E-state index in [1.54, 1.807) is 29.2 Å². The van der Waals surface area contributed by atoms with Crippen molar-refractivity contribution in [3.63, 3.8) is 0 Å². The van der Waals surface area contributed by atoms with Crippen LogP contribution in [0.2, 0.25) is 0 Å². The molecule has 4 rings (SSSR count). The first-order chi connectivity index (χ1) is 17.0. The van der Waals surface area contributed by atoms with E-state index in [4.69, 9.17) is 9.90 Å². The fourth-order valence-corrected chi connectivity index (χ4v) is 3.80. The van der Waals surface area contributed by atoms with Gasteiger partial charge in [0.1, 0.15) is 5.82 Å². The van der Waals surface area contributed by atoms with Crippen LogP contribution in [0.4, 0.5) is 23.2 Å². The third kappa shape index (κ3) is 6.87. The van der Waals surface area contributed by atoms with Crippen molar-refractivity contribution in [2.45, 2.75) is 38.4 Å². The second-order valence-electron chi connectivity index (χ2n) is 8.45. The van der Waals surface area contributed by atoms with Crippen molar-refractivity contribution in [2.75, 3.05) is 19.4 Å². The number of nitrogens with one attached hydrogen (secondary N) is 1. The van der Waals surface area contributed by atoms with Gasteiger partial charge < -0.3 is 15.3 Å². The Hall–Kier alpha value is -3.80. The summed E-state index contributed by atoms with van der Waals surface area (Å²) in [5.41, 5.74) is 4.64. The van der Waals surface area contributed by atoms with Crippen molar-refractivity contribution in [1.82, 2.24) is 19.7 Å². The van der Waals surface area contributed by atoms with Crippen LogP contribution in [0.5, 0.6) is 0 Å². The first-order valence-corrected chi connectivity index (χ1v) is 11.0. The summed E-state index contributed by atoms with van der Waals surface area (Å²) in [6.45, 7) is 0.736. The van der Waals surface area contributed by atoms with Crippen molar-refractivity contribution in [1.29, 1.82) is 0 Å². The van der Waals surface area contributed by atoms with Gasteiger partial charge in [-0.25, -0.2) is 13.9 Å². The van der Waals surface area contributed by atoms with Gasteiger partial charge in [-0.3, -0.25) is 9.78 Å². The van der Waals surface area contributed by atoms with Crippen LogP contribution in [-0.2, 0) is 24.2 Å². The molecule has 0 fully saturated rings. The molecule has 0 spiro atoms. The summed E-state index contributed by atoms with van der Waals surface area (Å²) >= 11 is 0. The summed E-state index contributed by atoms with van der Waals surface area (Å²) in [7, 11) is 3.97. The van der Waals surface area contributed by atoms with Crippen LogP contribution in [0.25, 0.3) is 5.69 Å². The average Bonchev–Trinajstić information content (AvgIpc) is 3.19. The van der Waals surface area contributed by atoms with Gasteiger partial charge in [0, 0.05) is 24.0 Å². The molecule has 1 aliphatic carbocycles. The predicted molar refractivity (Wildman–Crippen MR) is 123 cm³/mol. The predicted octanol–water partition coefficient (Wildman–Crippen LogP) is 4.23. The minimum atomic E-state index is -5.08. The molecule has 0 radical (unpaired) electrons. The van der Waals surface area contributed by atoms with Crippen LogP contribution in [0.15, 0.2) is 42.7 Å². The van der Waals surface area contributed by atoms with Crippen molar-refractivity contribution in [3.05, 3.63) is 71.1 Å². The molecule has 0 saturated carbocycles. The Labute approximate surface area is 204 Å². The number of hydrogen-bond donors (Lipinski definition) is 2. The van der Waals surface area contributed by atoms with Crippen LogP contribution in [0, 0.1) is 5.82 Å². The number of anilines is 1. The van der Waals surface area contributed by atoms with Crippen molar-refractivity contribution in [3.8, 4) is 5.69 Å². The normalized spacial score (nSPS) is 13.0. The Morgan fingerprint density at radius 1 is 1.14 bits per heavy atom. The molecule has 192 valence electrons. The van der Waals surface area contributed by atoms with E-state index < -0.39 is 12.1 Å². The van der Waals surface area contributed by atoms with Gasteiger partial charge in [-0.2, -0.15) is 18.3 Å². The number of alkyl halides is 3. The summed E-state index contributed by atoms with van der Waals surface area (Å²) < 4.78 is 47.2. The first kappa shape index (κ1) is 26.8. The van der Waals surface area contributed by atoms with Gasteiger partial charge in [0.15, 0.2) is 5.69 Å². The van der Waals surface area contributed by atoms with Gasteiger partial charge in [-0.1, -0.05) is 6.07 Å². The smallest absolute Gasteiger partial charge is 0.475 e. The van der Waals surface area contributed by atoms with Gasteiger partial charge in [-0.15, -0.1) is 0 Å². The number of carboxylic acid groups (broad SMARTS) is 1. The van der Waals surface area contributed by atoms with Crippen molar-refractivity contribution < 1.29 is 32.3 Å². The number of carboxylic acids is 1. The van der Waals surface area contributed by atoms with E-state index in [0.29, 0.717) is 17.1 Å². The fraction of sp³-hybridized carbons (Fsp3) is 0.333. The number of aliphatic carboxylic acids is 1. The largest absolute Gasteiger partial charge is 0.490 e. The molecular formula is C24H25F4N5O3. The Morgan fingerprint density at radius 3 is 2.47 bits per heavy atom. The molecule has 12 heteroatoms. The average molecular weight is 507 g/mol. The van der Waals surface area contributed by atoms with Gasteiger partial charge >= 0.3 is 12.1 Å². The number of pyridine rings is 1. The summed E-state index contributed by atoms with van der Waals surface area (Å²) in [6.07, 6.45) is 2.01. The zero-order valence-corrected chi connectivity index (χ0v) is 19.6. The molecular weight excluding hydrogens is 482 g/mol. The van der Waals surface area contributed by atoms with Gasteiger partial charge in [0.2, 0.25) is 0 Å². The first-order valence-electron chi connectivity index (χ1n) is 11.0. The standard InChI is InChI=1S/C22H24FN5O.C2HF3O2/c1-27(2)14-15-10-17(13-24-12-15)25-22(29)21-19-8-3-4-9-20(19)28(26-21)18-7-5-6-16(23)11-18;3-2(4,5)1(6)7/h5-7,10-13H,3-4,8-9,14H2,1-2H3,(H,25,29);(H,6,7). The summed E-state index contributed by atoms with van der Waals surface area (Å²) in [5, 5.41) is 14.6. The van der Waals surface area contributed by atoms with E-state index in [1.165, 1.54) is 12.1 Å². The number of nitrogens with zero attached hydrogens (tertiary/aromatic N) is 4. The molecule has 0 bridgehead atoms. The lowest BCUT2D eigenvalue weighted by atomic mass is 9.95. The second kappa shape index (κ2) is 11.3. The lowest BCUT2D eigenvalue weighted by molar-refractivity contribution is -0.192. The molecule has 1 aromatic carbocycles. The third-order valence-electron chi connectivity index (χ3n) is 5.24. The van der Waals surface area contributed by atoms with Crippen LogP contribution < -0.4 is 5.32 Å². The third-order valence-corrected chi connectivity index (χ3v) is 5.24. The van der Waals surface area contributed by atoms with Crippen LogP contribution >= 0.6 is 0 Å². The molecule has 2 N–H and O–H groups in total. The summed E-state index contributed by atoms with van der Waals surface area (Å²) in [5.74, 6) is -3.34. The topological polar surface area (TPSA) is 100 Å². The summed E-state index contributed by atoms with van der Waals surface area (Å²) in [4.78, 5) is 28.2. The van der Waals surface area contributed by atoms with E-state index in [-0.39, 0.29) is 11.7 Å². The highest BCUT2D eigenvalue weighted by Crippen LogP contribution is 2.28. The van der Waals surface area contributed by atoms with Crippen molar-refractivity contribution >= 4 is 17.6 Å². The zero-order valence-electron chi connectivity index (χ0n) is 19.6. The highest BCUT2D eigenvalue weighted by Gasteiger charge is 2.38. The quantitative estimate of drug-likeness (QED) is 0.502. The highest BCUT2D eigenvalue weighted by atomic mass is 19.4. The van der Waals surface area contributed by atoms with Gasteiger partial charge in [0.05, 0.1) is 17.6 Å². The molecule has 0 unspecified atom stereocenters. The van der Waals surface area contributed by atoms with Crippen LogP contribution in [0.1, 0.15) is 40.2 Å². The van der Waals surface area contributed by atoms with E-state index in [9.17, 15) is 22.4 Å². The van der Waals surface area contributed by atoms with Gasteiger partial charge in [-0.05, 0) is 69.6 Å². The maximum atomic E-state index is 13.7. The number of carbonyl (C=O) groups excluding carboxylic acids is 1. The van der Waals surface area contributed by atoms with Crippen LogP contribution in [-0.4, -0.2) is 56.9 Å². The Balaban J connectivity index is 0.000000454. The van der Waals surface area contributed by atoms with E-state index in [0.717, 1.165) is 49.0 Å². The number of rotatable bonds is 5. The molecule has 1 amide bonds. The minimum absolute atomic E-state index is 0.262. The molecule has 0 saturated heterocycles. The zero-order chi connectivity index (χ0) is 26.5. The molecule has 36 heavy (non-hydrogen) atoms. The molecule has 0 atom stereocenters. The molecule has 2 heterocycles. The number of aromatic nitrogens is 3. The van der Waals surface area contributed by atoms with Crippen LogP contribution in [0.3, 0.4) is 0 Å². The molecule has 3 aromatic rings. The maximum absolute atomic E-state index is 13.7. The maximum Gasteiger partial charge on any atom is 0.490 e. The van der Waals surface area contributed by atoms with E-state index >= 15 is 0 Å². The molecule has 8 nitrogen and oxygen atoms in total. The minimum Gasteiger partial charge on any atom is -0.475 e. The highest BCUT2D eigenvalue weighted by molar-refractivity contribution is 6.04. The number of hydrogen-bond acceptors (Lipinski definition) is 5. The fourth-order valence-electron chi connectivity index (χ4n) is 3.80. The second-order valence-corrected chi connectivity index (χ2v) is 8.45.